The van der Waals surface area contributed by atoms with Gasteiger partial charge >= 0.3 is 6.09 Å². The van der Waals surface area contributed by atoms with Crippen molar-refractivity contribution < 1.29 is 14.3 Å². The summed E-state index contributed by atoms with van der Waals surface area (Å²) in [7, 11) is 0. The number of nitrogens with zero attached hydrogens (tertiary/aromatic N) is 5. The number of amides is 2. The first-order chi connectivity index (χ1) is 14.3. The lowest BCUT2D eigenvalue weighted by Gasteiger charge is -2.21. The Bertz CT molecular complexity index is 921. The lowest BCUT2D eigenvalue weighted by atomic mass is 10.1. The van der Waals surface area contributed by atoms with Gasteiger partial charge in [0.2, 0.25) is 0 Å². The van der Waals surface area contributed by atoms with Gasteiger partial charge in [0.15, 0.2) is 5.69 Å². The zero-order valence-electron chi connectivity index (χ0n) is 18.5. The summed E-state index contributed by atoms with van der Waals surface area (Å²) >= 11 is 0. The van der Waals surface area contributed by atoms with Crippen LogP contribution in [-0.4, -0.2) is 69.6 Å². The standard InChI is InChI=1S/C22H31N5O3/c1-15(2)14-30-22(29)26-10-6-9-25(11-12-26)21(28)20-18(5)23-27(24-20)19-8-7-16(3)13-17(19)4/h7-8,13,15H,6,9-12,14H2,1-5H3. The van der Waals surface area contributed by atoms with Crippen LogP contribution in [0.15, 0.2) is 18.2 Å². The first-order valence-corrected chi connectivity index (χ1v) is 10.5. The van der Waals surface area contributed by atoms with E-state index in [9.17, 15) is 9.59 Å². The Kier molecular flexibility index (Phi) is 6.74. The van der Waals surface area contributed by atoms with E-state index in [1.807, 2.05) is 39.8 Å². The third-order valence-corrected chi connectivity index (χ3v) is 5.13. The molecule has 0 atom stereocenters. The summed E-state index contributed by atoms with van der Waals surface area (Å²) in [5.74, 6) is 0.141. The van der Waals surface area contributed by atoms with Crippen molar-refractivity contribution in [2.45, 2.75) is 41.0 Å². The van der Waals surface area contributed by atoms with Crippen molar-refractivity contribution >= 4 is 12.0 Å². The zero-order valence-corrected chi connectivity index (χ0v) is 18.5. The third-order valence-electron chi connectivity index (χ3n) is 5.13. The lowest BCUT2D eigenvalue weighted by molar-refractivity contribution is 0.0740. The van der Waals surface area contributed by atoms with Crippen LogP contribution in [0.2, 0.25) is 0 Å². The van der Waals surface area contributed by atoms with Crippen LogP contribution in [0.1, 0.15) is 47.6 Å². The highest BCUT2D eigenvalue weighted by atomic mass is 16.6. The van der Waals surface area contributed by atoms with Crippen LogP contribution >= 0.6 is 0 Å². The van der Waals surface area contributed by atoms with E-state index in [4.69, 9.17) is 4.74 Å². The molecule has 2 heterocycles. The van der Waals surface area contributed by atoms with Gasteiger partial charge in [-0.25, -0.2) is 4.79 Å². The van der Waals surface area contributed by atoms with Gasteiger partial charge < -0.3 is 14.5 Å². The summed E-state index contributed by atoms with van der Waals surface area (Å²) in [5.41, 5.74) is 4.02. The van der Waals surface area contributed by atoms with Crippen molar-refractivity contribution in [3.05, 3.63) is 40.7 Å². The van der Waals surface area contributed by atoms with Gasteiger partial charge in [0.25, 0.3) is 5.91 Å². The molecule has 1 aliphatic rings. The molecule has 0 radical (unpaired) electrons. The summed E-state index contributed by atoms with van der Waals surface area (Å²) < 4.78 is 5.33. The van der Waals surface area contributed by atoms with Crippen LogP contribution in [0, 0.1) is 26.7 Å². The van der Waals surface area contributed by atoms with Gasteiger partial charge in [-0.2, -0.15) is 9.90 Å². The van der Waals surface area contributed by atoms with Crippen molar-refractivity contribution in [2.75, 3.05) is 32.8 Å². The molecule has 1 saturated heterocycles. The van der Waals surface area contributed by atoms with E-state index in [2.05, 4.69) is 16.3 Å². The number of benzene rings is 1. The number of carbonyl (C=O) groups excluding carboxylic acids is 2. The number of hydrogen-bond donors (Lipinski definition) is 0. The van der Waals surface area contributed by atoms with E-state index in [-0.39, 0.29) is 12.0 Å². The van der Waals surface area contributed by atoms with E-state index in [0.29, 0.717) is 56.5 Å². The highest BCUT2D eigenvalue weighted by molar-refractivity contribution is 5.93. The monoisotopic (exact) mass is 413 g/mol. The molecular weight excluding hydrogens is 382 g/mol. The summed E-state index contributed by atoms with van der Waals surface area (Å²) in [6.45, 7) is 12.3. The normalized spacial score (nSPS) is 14.7. The number of aryl methyl sites for hydroxylation is 3. The molecule has 0 N–H and O–H groups in total. The van der Waals surface area contributed by atoms with E-state index in [1.165, 1.54) is 4.80 Å². The molecule has 2 aromatic rings. The Hall–Kier alpha value is -2.90. The second-order valence-electron chi connectivity index (χ2n) is 8.32. The van der Waals surface area contributed by atoms with E-state index < -0.39 is 0 Å². The predicted octanol–water partition coefficient (Wildman–Crippen LogP) is 3.13. The van der Waals surface area contributed by atoms with Crippen LogP contribution in [0.5, 0.6) is 0 Å². The van der Waals surface area contributed by atoms with E-state index in [0.717, 1.165) is 16.8 Å². The highest BCUT2D eigenvalue weighted by Gasteiger charge is 2.27. The van der Waals surface area contributed by atoms with E-state index >= 15 is 0 Å². The maximum Gasteiger partial charge on any atom is 0.409 e. The quantitative estimate of drug-likeness (QED) is 0.769. The molecule has 1 fully saturated rings. The van der Waals surface area contributed by atoms with Gasteiger partial charge in [-0.1, -0.05) is 31.5 Å². The van der Waals surface area contributed by atoms with Gasteiger partial charge in [-0.3, -0.25) is 4.79 Å². The van der Waals surface area contributed by atoms with Crippen LogP contribution in [-0.2, 0) is 4.74 Å². The zero-order chi connectivity index (χ0) is 21.8. The van der Waals surface area contributed by atoms with Crippen molar-refractivity contribution in [3.8, 4) is 5.69 Å². The van der Waals surface area contributed by atoms with E-state index in [1.54, 1.807) is 16.7 Å². The molecule has 0 aliphatic carbocycles. The fourth-order valence-corrected chi connectivity index (χ4v) is 3.50. The van der Waals surface area contributed by atoms with Gasteiger partial charge in [0, 0.05) is 26.2 Å². The van der Waals surface area contributed by atoms with Crippen LogP contribution in [0.4, 0.5) is 4.79 Å². The average Bonchev–Trinajstić information content (AvgIpc) is 2.91. The maximum atomic E-state index is 13.1. The molecule has 162 valence electrons. The lowest BCUT2D eigenvalue weighted by Crippen LogP contribution is -2.38. The minimum atomic E-state index is -0.310. The van der Waals surface area contributed by atoms with Crippen LogP contribution in [0.25, 0.3) is 5.69 Å². The fourth-order valence-electron chi connectivity index (χ4n) is 3.50. The topological polar surface area (TPSA) is 80.6 Å². The minimum absolute atomic E-state index is 0.152. The number of carbonyl (C=O) groups is 2. The largest absolute Gasteiger partial charge is 0.449 e. The van der Waals surface area contributed by atoms with Gasteiger partial charge in [0.05, 0.1) is 18.0 Å². The number of rotatable bonds is 4. The second kappa shape index (κ2) is 9.28. The molecule has 8 nitrogen and oxygen atoms in total. The Balaban J connectivity index is 1.70. The number of hydrogen-bond acceptors (Lipinski definition) is 5. The Labute approximate surface area is 177 Å². The number of aromatic nitrogens is 3. The Morgan fingerprint density at radius 1 is 1.03 bits per heavy atom. The van der Waals surface area contributed by atoms with Crippen LogP contribution in [0.3, 0.4) is 0 Å². The smallest absolute Gasteiger partial charge is 0.409 e. The molecule has 0 bridgehead atoms. The predicted molar refractivity (Wildman–Crippen MR) is 114 cm³/mol. The summed E-state index contributed by atoms with van der Waals surface area (Å²) in [5, 5.41) is 8.96. The SMILES string of the molecule is Cc1ccc(-n2nc(C)c(C(=O)N3CCCN(C(=O)OCC(C)C)CC3)n2)c(C)c1. The summed E-state index contributed by atoms with van der Waals surface area (Å²) in [6, 6.07) is 6.03. The molecule has 0 unspecified atom stereocenters. The molecule has 30 heavy (non-hydrogen) atoms. The maximum absolute atomic E-state index is 13.1. The molecular formula is C22H31N5O3. The molecule has 8 heteroatoms. The second-order valence-corrected chi connectivity index (χ2v) is 8.32. The first kappa shape index (κ1) is 21.8. The average molecular weight is 414 g/mol. The summed E-state index contributed by atoms with van der Waals surface area (Å²) in [6.07, 6.45) is 0.391. The molecule has 1 aromatic carbocycles. The molecule has 1 aliphatic heterocycles. The fraction of sp³-hybridized carbons (Fsp3) is 0.545. The highest BCUT2D eigenvalue weighted by Crippen LogP contribution is 2.17. The number of ether oxygens (including phenoxy) is 1. The van der Waals surface area contributed by atoms with Gasteiger partial charge in [-0.05, 0) is 44.7 Å². The molecule has 3 rings (SSSR count). The Morgan fingerprint density at radius 3 is 2.43 bits per heavy atom. The van der Waals surface area contributed by atoms with Crippen molar-refractivity contribution in [2.24, 2.45) is 5.92 Å². The minimum Gasteiger partial charge on any atom is -0.449 e. The molecule has 2 amide bonds. The molecule has 0 saturated carbocycles. The first-order valence-electron chi connectivity index (χ1n) is 10.5. The summed E-state index contributed by atoms with van der Waals surface area (Å²) in [4.78, 5) is 30.3. The molecule has 0 spiro atoms. The molecule has 1 aromatic heterocycles. The van der Waals surface area contributed by atoms with Crippen molar-refractivity contribution in [1.29, 1.82) is 0 Å². The van der Waals surface area contributed by atoms with Crippen LogP contribution < -0.4 is 0 Å². The third kappa shape index (κ3) is 4.98. The van der Waals surface area contributed by atoms with Crippen molar-refractivity contribution in [1.82, 2.24) is 24.8 Å². The van der Waals surface area contributed by atoms with Crippen molar-refractivity contribution in [3.63, 3.8) is 0 Å². The van der Waals surface area contributed by atoms with Gasteiger partial charge in [0.1, 0.15) is 0 Å². The Morgan fingerprint density at radius 2 is 1.73 bits per heavy atom. The van der Waals surface area contributed by atoms with Gasteiger partial charge in [-0.15, -0.1) is 5.10 Å².